The van der Waals surface area contributed by atoms with Crippen LogP contribution in [0.3, 0.4) is 0 Å². The minimum absolute atomic E-state index is 0.0395. The fraction of sp³-hybridized carbons (Fsp3) is 0.375. The normalized spacial score (nSPS) is 12.5. The maximum absolute atomic E-state index is 12.7. The minimum Gasteiger partial charge on any atom is -0.355 e. The van der Waals surface area contributed by atoms with E-state index in [0.29, 0.717) is 13.0 Å². The van der Waals surface area contributed by atoms with Crippen molar-refractivity contribution in [2.24, 2.45) is 0 Å². The van der Waals surface area contributed by atoms with Crippen LogP contribution in [-0.4, -0.2) is 42.6 Å². The first kappa shape index (κ1) is 20.2. The van der Waals surface area contributed by atoms with Crippen molar-refractivity contribution in [3.63, 3.8) is 0 Å². The summed E-state index contributed by atoms with van der Waals surface area (Å²) in [7, 11) is 4.03. The van der Waals surface area contributed by atoms with Crippen molar-refractivity contribution in [3.8, 4) is 0 Å². The number of nitrogens with one attached hydrogen (secondary N) is 1. The predicted molar refractivity (Wildman–Crippen MR) is 117 cm³/mol. The zero-order valence-corrected chi connectivity index (χ0v) is 17.4. The molecule has 2 aromatic carbocycles. The van der Waals surface area contributed by atoms with Crippen molar-refractivity contribution >= 4 is 16.8 Å². The molecule has 3 aromatic rings. The van der Waals surface area contributed by atoms with Gasteiger partial charge in [0.25, 0.3) is 0 Å². The zero-order valence-electron chi connectivity index (χ0n) is 17.4. The molecular weight excluding hydrogens is 346 g/mol. The molecule has 0 aliphatic heterocycles. The summed E-state index contributed by atoms with van der Waals surface area (Å²) in [6.45, 7) is 6.68. The summed E-state index contributed by atoms with van der Waals surface area (Å²) >= 11 is 0. The van der Waals surface area contributed by atoms with Gasteiger partial charge in [-0.25, -0.2) is 0 Å². The summed E-state index contributed by atoms with van der Waals surface area (Å²) in [5.41, 5.74) is 4.87. The van der Waals surface area contributed by atoms with Crippen molar-refractivity contribution in [3.05, 3.63) is 71.4 Å². The van der Waals surface area contributed by atoms with E-state index in [9.17, 15) is 4.79 Å². The van der Waals surface area contributed by atoms with E-state index in [0.717, 1.165) is 13.1 Å². The van der Waals surface area contributed by atoms with Gasteiger partial charge in [0, 0.05) is 49.1 Å². The average Bonchev–Trinajstić information content (AvgIpc) is 3.05. The number of benzene rings is 2. The topological polar surface area (TPSA) is 37.3 Å². The number of amides is 1. The molecule has 0 saturated heterocycles. The number of aromatic nitrogens is 1. The highest BCUT2D eigenvalue weighted by atomic mass is 16.1. The van der Waals surface area contributed by atoms with Crippen LogP contribution in [0.15, 0.2) is 54.7 Å². The molecule has 1 aromatic heterocycles. The Kier molecular flexibility index (Phi) is 6.53. The fourth-order valence-electron chi connectivity index (χ4n) is 3.70. The Morgan fingerprint density at radius 3 is 2.50 bits per heavy atom. The molecule has 0 aliphatic carbocycles. The standard InChI is InChI=1S/C24H31N3O/c1-5-27-17-22(20-8-6-7-9-23(20)27)21(19-12-10-18(2)11-13-19)16-24(28)25-14-15-26(3)4/h6-13,17,21H,5,14-16H2,1-4H3,(H,25,28). The molecule has 4 nitrogen and oxygen atoms in total. The van der Waals surface area contributed by atoms with Crippen LogP contribution in [0.4, 0.5) is 0 Å². The highest BCUT2D eigenvalue weighted by molar-refractivity contribution is 5.86. The monoisotopic (exact) mass is 377 g/mol. The van der Waals surface area contributed by atoms with Gasteiger partial charge in [-0.05, 0) is 45.1 Å². The predicted octanol–water partition coefficient (Wildman–Crippen LogP) is 4.17. The fourth-order valence-corrected chi connectivity index (χ4v) is 3.70. The maximum atomic E-state index is 12.7. The van der Waals surface area contributed by atoms with Gasteiger partial charge in [0.15, 0.2) is 0 Å². The number of carbonyl (C=O) groups is 1. The van der Waals surface area contributed by atoms with Gasteiger partial charge in [-0.15, -0.1) is 0 Å². The van der Waals surface area contributed by atoms with E-state index in [4.69, 9.17) is 0 Å². The van der Waals surface area contributed by atoms with Gasteiger partial charge in [-0.2, -0.15) is 0 Å². The molecule has 3 rings (SSSR count). The van der Waals surface area contributed by atoms with Crippen LogP contribution in [0.25, 0.3) is 10.9 Å². The Labute approximate surface area is 168 Å². The number of para-hydroxylation sites is 1. The molecule has 1 amide bonds. The second-order valence-corrected chi connectivity index (χ2v) is 7.71. The summed E-state index contributed by atoms with van der Waals surface area (Å²) < 4.78 is 2.27. The molecule has 4 heteroatoms. The molecule has 1 atom stereocenters. The Hall–Kier alpha value is -2.59. The van der Waals surface area contributed by atoms with Crippen LogP contribution >= 0.6 is 0 Å². The molecule has 0 fully saturated rings. The van der Waals surface area contributed by atoms with Gasteiger partial charge in [-0.1, -0.05) is 48.0 Å². The summed E-state index contributed by atoms with van der Waals surface area (Å²) in [5, 5.41) is 4.31. The number of hydrogen-bond donors (Lipinski definition) is 1. The van der Waals surface area contributed by atoms with E-state index >= 15 is 0 Å². The third-order valence-corrected chi connectivity index (χ3v) is 5.29. The van der Waals surface area contributed by atoms with E-state index in [1.807, 2.05) is 14.1 Å². The van der Waals surface area contributed by atoms with E-state index < -0.39 is 0 Å². The average molecular weight is 378 g/mol. The molecule has 1 unspecified atom stereocenters. The molecule has 0 saturated carbocycles. The van der Waals surface area contributed by atoms with Gasteiger partial charge in [0.1, 0.15) is 0 Å². The van der Waals surface area contributed by atoms with Crippen LogP contribution in [0.1, 0.15) is 36.0 Å². The largest absolute Gasteiger partial charge is 0.355 e. The molecule has 0 spiro atoms. The number of fused-ring (bicyclic) bond motifs is 1. The number of likely N-dealkylation sites (N-methyl/N-ethyl adjacent to an activating group) is 1. The van der Waals surface area contributed by atoms with Crippen molar-refractivity contribution in [2.75, 3.05) is 27.2 Å². The van der Waals surface area contributed by atoms with Crippen LogP contribution in [-0.2, 0) is 11.3 Å². The Morgan fingerprint density at radius 2 is 1.82 bits per heavy atom. The quantitative estimate of drug-likeness (QED) is 0.640. The highest BCUT2D eigenvalue weighted by Gasteiger charge is 2.22. The third kappa shape index (κ3) is 4.63. The second kappa shape index (κ2) is 9.07. The molecule has 1 heterocycles. The van der Waals surface area contributed by atoms with E-state index in [1.165, 1.54) is 27.6 Å². The lowest BCUT2D eigenvalue weighted by molar-refractivity contribution is -0.121. The van der Waals surface area contributed by atoms with Crippen molar-refractivity contribution in [1.82, 2.24) is 14.8 Å². The SMILES string of the molecule is CCn1cc(C(CC(=O)NCCN(C)C)c2ccc(C)cc2)c2ccccc21. The van der Waals surface area contributed by atoms with E-state index in [1.54, 1.807) is 0 Å². The molecule has 0 aliphatic rings. The van der Waals surface area contributed by atoms with E-state index in [2.05, 4.69) is 83.4 Å². The van der Waals surface area contributed by atoms with Crippen LogP contribution in [0.2, 0.25) is 0 Å². The van der Waals surface area contributed by atoms with Crippen LogP contribution in [0.5, 0.6) is 0 Å². The third-order valence-electron chi connectivity index (χ3n) is 5.29. The second-order valence-electron chi connectivity index (χ2n) is 7.71. The summed E-state index contributed by atoms with van der Waals surface area (Å²) in [4.78, 5) is 14.8. The lowest BCUT2D eigenvalue weighted by atomic mass is 9.87. The van der Waals surface area contributed by atoms with Gasteiger partial charge >= 0.3 is 0 Å². The molecule has 0 bridgehead atoms. The first-order valence-corrected chi connectivity index (χ1v) is 10.1. The Bertz CT molecular complexity index is 925. The van der Waals surface area contributed by atoms with Gasteiger partial charge in [-0.3, -0.25) is 4.79 Å². The summed E-state index contributed by atoms with van der Waals surface area (Å²) in [6, 6.07) is 17.1. The summed E-state index contributed by atoms with van der Waals surface area (Å²) in [5.74, 6) is 0.137. The number of rotatable bonds is 8. The first-order chi connectivity index (χ1) is 13.5. The van der Waals surface area contributed by atoms with E-state index in [-0.39, 0.29) is 11.8 Å². The Balaban J connectivity index is 1.95. The van der Waals surface area contributed by atoms with Crippen LogP contribution < -0.4 is 5.32 Å². The number of aryl methyl sites for hydroxylation is 2. The molecule has 1 N–H and O–H groups in total. The highest BCUT2D eigenvalue weighted by Crippen LogP contribution is 2.34. The maximum Gasteiger partial charge on any atom is 0.220 e. The lowest BCUT2D eigenvalue weighted by Gasteiger charge is -2.18. The van der Waals surface area contributed by atoms with Crippen molar-refractivity contribution in [1.29, 1.82) is 0 Å². The van der Waals surface area contributed by atoms with Gasteiger partial charge in [0.2, 0.25) is 5.91 Å². The first-order valence-electron chi connectivity index (χ1n) is 10.1. The number of nitrogens with zero attached hydrogens (tertiary/aromatic N) is 2. The zero-order chi connectivity index (χ0) is 20.1. The van der Waals surface area contributed by atoms with Gasteiger partial charge in [0.05, 0.1) is 0 Å². The molecule has 28 heavy (non-hydrogen) atoms. The molecular formula is C24H31N3O. The number of carbonyl (C=O) groups excluding carboxylic acids is 1. The molecule has 0 radical (unpaired) electrons. The van der Waals surface area contributed by atoms with Gasteiger partial charge < -0.3 is 14.8 Å². The smallest absolute Gasteiger partial charge is 0.220 e. The minimum atomic E-state index is 0.0395. The van der Waals surface area contributed by atoms with Crippen molar-refractivity contribution in [2.45, 2.75) is 32.7 Å². The summed E-state index contributed by atoms with van der Waals surface area (Å²) in [6.07, 6.45) is 2.68. The number of hydrogen-bond acceptors (Lipinski definition) is 2. The van der Waals surface area contributed by atoms with Crippen molar-refractivity contribution < 1.29 is 4.79 Å². The Morgan fingerprint density at radius 1 is 1.11 bits per heavy atom. The molecule has 148 valence electrons. The van der Waals surface area contributed by atoms with Crippen LogP contribution in [0, 0.1) is 6.92 Å². The lowest BCUT2D eigenvalue weighted by Crippen LogP contribution is -2.32.